The molecule has 0 saturated heterocycles. The van der Waals surface area contributed by atoms with Crippen LogP contribution < -0.4 is 0 Å². The number of rotatable bonds is 27. The Labute approximate surface area is 463 Å². The lowest BCUT2D eigenvalue weighted by Gasteiger charge is -2.40. The lowest BCUT2D eigenvalue weighted by atomic mass is 9.63. The fourth-order valence-electron chi connectivity index (χ4n) is 14.5. The van der Waals surface area contributed by atoms with Crippen molar-refractivity contribution in [3.63, 3.8) is 0 Å². The maximum absolute atomic E-state index is 16.7. The summed E-state index contributed by atoms with van der Waals surface area (Å²) in [5.41, 5.74) is 13.2. The Morgan fingerprint density at radius 1 is 0.453 bits per heavy atom. The van der Waals surface area contributed by atoms with E-state index in [0.29, 0.717) is 46.2 Å². The number of hydrogen-bond donors (Lipinski definition) is 0. The van der Waals surface area contributed by atoms with E-state index in [1.807, 2.05) is 25.2 Å². The van der Waals surface area contributed by atoms with Crippen molar-refractivity contribution in [2.75, 3.05) is 0 Å². The van der Waals surface area contributed by atoms with Crippen LogP contribution in [-0.2, 0) is 10.8 Å². The number of hydrogen-bond acceptors (Lipinski definition) is 5. The van der Waals surface area contributed by atoms with Gasteiger partial charge in [0.05, 0.1) is 17.3 Å². The van der Waals surface area contributed by atoms with E-state index in [0.717, 1.165) is 52.4 Å². The molecule has 404 valence electrons. The summed E-state index contributed by atoms with van der Waals surface area (Å²) >= 11 is 4.66. The summed E-state index contributed by atoms with van der Waals surface area (Å²) < 4.78 is 44.8. The van der Waals surface area contributed by atoms with Gasteiger partial charge >= 0.3 is 0 Å². The van der Waals surface area contributed by atoms with Crippen LogP contribution in [0.1, 0.15) is 256 Å². The number of fused-ring (bicyclic) bond motifs is 9. The quantitative estimate of drug-likeness (QED) is 0.0513. The molecule has 9 rings (SSSR count). The van der Waals surface area contributed by atoms with E-state index < -0.39 is 11.6 Å². The maximum Gasteiger partial charge on any atom is 0.170 e. The Balaban J connectivity index is 1.37. The number of halogens is 2. The third kappa shape index (κ3) is 10.4. The summed E-state index contributed by atoms with van der Waals surface area (Å²) in [5, 5.41) is 2.55. The van der Waals surface area contributed by atoms with Crippen molar-refractivity contribution in [1.82, 2.24) is 8.75 Å². The maximum atomic E-state index is 16.7. The van der Waals surface area contributed by atoms with Crippen molar-refractivity contribution in [2.45, 2.75) is 234 Å². The van der Waals surface area contributed by atoms with Gasteiger partial charge in [0, 0.05) is 35.5 Å². The van der Waals surface area contributed by atoms with E-state index in [2.05, 4.69) is 127 Å². The Kier molecular flexibility index (Phi) is 17.9. The zero-order valence-corrected chi connectivity index (χ0v) is 50.5. The van der Waals surface area contributed by atoms with Crippen molar-refractivity contribution >= 4 is 65.6 Å². The van der Waals surface area contributed by atoms with Gasteiger partial charge in [0.15, 0.2) is 11.6 Å². The second-order valence-electron chi connectivity index (χ2n) is 24.4. The average molecular weight is 1070 g/mol. The van der Waals surface area contributed by atoms with E-state index in [1.165, 1.54) is 146 Å². The van der Waals surface area contributed by atoms with E-state index in [9.17, 15) is 0 Å². The largest absolute Gasteiger partial charge is 0.203 e. The van der Waals surface area contributed by atoms with Gasteiger partial charge in [-0.1, -0.05) is 186 Å². The normalized spacial score (nSPS) is 18.7. The lowest BCUT2D eigenvalue weighted by Crippen LogP contribution is -2.32. The van der Waals surface area contributed by atoms with Crippen LogP contribution in [0.2, 0.25) is 0 Å². The van der Waals surface area contributed by atoms with Gasteiger partial charge in [-0.15, -0.1) is 22.7 Å². The second-order valence-corrected chi connectivity index (χ2v) is 27.1. The molecule has 0 N–H and O–H groups in total. The molecule has 4 atom stereocenters. The van der Waals surface area contributed by atoms with Crippen molar-refractivity contribution in [3.05, 3.63) is 92.9 Å². The SMILES string of the molecule is CCCCC(CC)CC1(CC(CC)CCCC)c2cc3c(cc2-c2cc4sc(-c5c(F)c(F)c(C(C)C)c6nsnc56)cc4cc21)C(CC(CC)CCCC)(CC(CC)CCCC)c1cc2cc(C(C)C)sc2cc1-3. The second kappa shape index (κ2) is 23.8. The molecule has 2 aliphatic carbocycles. The molecule has 2 nitrogen and oxygen atoms in total. The van der Waals surface area contributed by atoms with Crippen LogP contribution in [0, 0.1) is 35.3 Å². The van der Waals surface area contributed by atoms with E-state index in [1.54, 1.807) is 28.0 Å². The Morgan fingerprint density at radius 3 is 1.27 bits per heavy atom. The van der Waals surface area contributed by atoms with Crippen LogP contribution in [0.3, 0.4) is 0 Å². The third-order valence-electron chi connectivity index (χ3n) is 18.9. The van der Waals surface area contributed by atoms with Crippen molar-refractivity contribution in [1.29, 1.82) is 0 Å². The van der Waals surface area contributed by atoms with E-state index in [4.69, 9.17) is 0 Å². The molecule has 4 aromatic carbocycles. The van der Waals surface area contributed by atoms with Crippen LogP contribution in [-0.4, -0.2) is 8.75 Å². The molecule has 0 aliphatic heterocycles. The van der Waals surface area contributed by atoms with Crippen LogP contribution >= 0.6 is 34.4 Å². The summed E-state index contributed by atoms with van der Waals surface area (Å²) in [6.45, 7) is 27.8. The molecule has 3 heterocycles. The highest BCUT2D eigenvalue weighted by Gasteiger charge is 2.51. The molecule has 0 bridgehead atoms. The van der Waals surface area contributed by atoms with Gasteiger partial charge in [-0.3, -0.25) is 0 Å². The zero-order valence-electron chi connectivity index (χ0n) is 48.1. The topological polar surface area (TPSA) is 25.8 Å². The minimum atomic E-state index is -0.804. The Hall–Kier alpha value is -3.52. The summed E-state index contributed by atoms with van der Waals surface area (Å²) in [7, 11) is 0. The number of unbranched alkanes of at least 4 members (excludes halogenated alkanes) is 4. The van der Waals surface area contributed by atoms with Gasteiger partial charge in [0.1, 0.15) is 11.0 Å². The average Bonchev–Trinajstić information content (AvgIpc) is 4.31. The smallest absolute Gasteiger partial charge is 0.170 e. The minimum Gasteiger partial charge on any atom is -0.203 e. The summed E-state index contributed by atoms with van der Waals surface area (Å²) in [6.07, 6.45) is 24.3. The molecule has 0 radical (unpaired) electrons. The molecule has 0 saturated carbocycles. The molecule has 2 aliphatic rings. The van der Waals surface area contributed by atoms with E-state index >= 15 is 8.78 Å². The van der Waals surface area contributed by atoms with Gasteiger partial charge in [0.2, 0.25) is 0 Å². The first-order valence-corrected chi connectivity index (χ1v) is 32.6. The fourth-order valence-corrected chi connectivity index (χ4v) is 17.3. The first-order chi connectivity index (χ1) is 36.2. The fraction of sp³-hybridized carbons (Fsp3) is 0.588. The predicted molar refractivity (Wildman–Crippen MR) is 326 cm³/mol. The molecular weight excluding hydrogens is 979 g/mol. The van der Waals surface area contributed by atoms with Crippen LogP contribution in [0.15, 0.2) is 48.5 Å². The van der Waals surface area contributed by atoms with Gasteiger partial charge in [-0.05, 0) is 165 Å². The van der Waals surface area contributed by atoms with Crippen molar-refractivity contribution < 1.29 is 8.78 Å². The van der Waals surface area contributed by atoms with Crippen LogP contribution in [0.4, 0.5) is 8.78 Å². The van der Waals surface area contributed by atoms with Gasteiger partial charge in [-0.25, -0.2) is 8.78 Å². The number of aromatic nitrogens is 2. The Morgan fingerprint density at radius 2 is 0.853 bits per heavy atom. The van der Waals surface area contributed by atoms with Gasteiger partial charge in [0.25, 0.3) is 0 Å². The monoisotopic (exact) mass is 1070 g/mol. The molecule has 0 fully saturated rings. The van der Waals surface area contributed by atoms with Crippen LogP contribution in [0.25, 0.3) is 63.9 Å². The first kappa shape index (κ1) is 56.2. The van der Waals surface area contributed by atoms with Crippen molar-refractivity contribution in [2.24, 2.45) is 23.7 Å². The molecular formula is C68H90F2N2S3. The standard InChI is InChI=1S/C68H90F2N2S3/c1-13-21-25-43(17-5)37-67(38-44(18-6)26-22-14-2)53-29-47-31-57(41(9)10)73-58(47)35-51(53)49-33-56-50(34-55(49)67)52-36-59-48(32-60(74-59)62-64(70)63(69)61(42(11)12)65-66(62)72-75-71-65)30-54(52)68(56,39-45(19-7)27-23-15-3)40-46(20-8)28-24-16-4/h29-36,41-46H,13-28,37-40H2,1-12H3. The first-order valence-electron chi connectivity index (χ1n) is 30.2. The Bertz CT molecular complexity index is 3060. The summed E-state index contributed by atoms with van der Waals surface area (Å²) in [4.78, 5) is 2.21. The van der Waals surface area contributed by atoms with Gasteiger partial charge in [-0.2, -0.15) is 8.75 Å². The van der Waals surface area contributed by atoms with Gasteiger partial charge < -0.3 is 0 Å². The zero-order chi connectivity index (χ0) is 53.3. The predicted octanol–water partition coefficient (Wildman–Crippen LogP) is 23.3. The molecule has 75 heavy (non-hydrogen) atoms. The highest BCUT2D eigenvalue weighted by molar-refractivity contribution is 7.22. The van der Waals surface area contributed by atoms with E-state index in [-0.39, 0.29) is 22.3 Å². The molecule has 3 aromatic heterocycles. The highest BCUT2D eigenvalue weighted by atomic mass is 32.1. The molecule has 0 amide bonds. The number of nitrogens with zero attached hydrogens (tertiary/aromatic N) is 2. The molecule has 0 spiro atoms. The molecule has 7 heteroatoms. The number of benzene rings is 4. The third-order valence-corrected chi connectivity index (χ3v) is 21.9. The minimum absolute atomic E-state index is 0.112. The summed E-state index contributed by atoms with van der Waals surface area (Å²) in [6, 6.07) is 20.7. The van der Waals surface area contributed by atoms with Crippen molar-refractivity contribution in [3.8, 4) is 32.7 Å². The highest BCUT2D eigenvalue weighted by Crippen LogP contribution is 2.64. The molecule has 7 aromatic rings. The van der Waals surface area contributed by atoms with Crippen LogP contribution in [0.5, 0.6) is 0 Å². The number of thiophene rings is 2. The summed E-state index contributed by atoms with van der Waals surface area (Å²) in [5.74, 6) is 1.10. The lowest BCUT2D eigenvalue weighted by molar-refractivity contribution is 0.264. The molecule has 4 unspecified atom stereocenters.